The second-order valence-electron chi connectivity index (χ2n) is 9.82. The van der Waals surface area contributed by atoms with Gasteiger partial charge in [0.2, 0.25) is 15.9 Å². The van der Waals surface area contributed by atoms with E-state index in [1.807, 2.05) is 6.07 Å². The Hall–Kier alpha value is -1.58. The van der Waals surface area contributed by atoms with E-state index in [2.05, 4.69) is 23.7 Å². The highest BCUT2D eigenvalue weighted by molar-refractivity contribution is 7.99. The van der Waals surface area contributed by atoms with E-state index in [0.29, 0.717) is 17.2 Å². The lowest BCUT2D eigenvalue weighted by Gasteiger charge is -2.28. The number of aryl methyl sites for hydroxylation is 1. The molecule has 7 nitrogen and oxygen atoms in total. The first kappa shape index (κ1) is 24.5. The molecule has 1 amide bonds. The summed E-state index contributed by atoms with van der Waals surface area (Å²) in [6, 6.07) is 5.32. The number of aromatic nitrogens is 2. The Morgan fingerprint density at radius 3 is 2.73 bits per heavy atom. The highest BCUT2D eigenvalue weighted by Crippen LogP contribution is 2.49. The van der Waals surface area contributed by atoms with Gasteiger partial charge in [-0.3, -0.25) is 4.79 Å². The van der Waals surface area contributed by atoms with E-state index in [0.717, 1.165) is 41.9 Å². The van der Waals surface area contributed by atoms with Gasteiger partial charge in [-0.2, -0.15) is 0 Å². The first-order valence-corrected chi connectivity index (χ1v) is 14.5. The lowest BCUT2D eigenvalue weighted by atomic mass is 9.84. The molecule has 0 radical (unpaired) electrons. The number of amides is 1. The molecule has 0 aliphatic heterocycles. The van der Waals surface area contributed by atoms with Crippen LogP contribution in [0.15, 0.2) is 28.3 Å². The van der Waals surface area contributed by atoms with Crippen molar-refractivity contribution in [2.45, 2.75) is 75.0 Å². The summed E-state index contributed by atoms with van der Waals surface area (Å²) in [6.45, 7) is 5.08. The predicted molar refractivity (Wildman–Crippen MR) is 133 cm³/mol. The Morgan fingerprint density at radius 2 is 2.09 bits per heavy atom. The second-order valence-corrected chi connectivity index (χ2v) is 12.9. The number of hydrogen-bond donors (Lipinski definition) is 1. The van der Waals surface area contributed by atoms with Crippen LogP contribution < -0.4 is 5.32 Å². The van der Waals surface area contributed by atoms with Crippen LogP contribution in [0.25, 0.3) is 11.0 Å². The molecule has 1 aromatic carbocycles. The predicted octanol–water partition coefficient (Wildman–Crippen LogP) is 4.12. The van der Waals surface area contributed by atoms with Gasteiger partial charge in [0.1, 0.15) is 0 Å². The minimum absolute atomic E-state index is 0.0419. The van der Waals surface area contributed by atoms with Gasteiger partial charge in [-0.25, -0.2) is 17.7 Å². The minimum atomic E-state index is -3.53. The number of carbonyl (C=O) groups excluding carboxylic acids is 1. The molecule has 4 unspecified atom stereocenters. The Kier molecular flexibility index (Phi) is 7.41. The lowest BCUT2D eigenvalue weighted by molar-refractivity contribution is -0.119. The molecule has 0 spiro atoms. The maximum atomic E-state index is 12.7. The lowest BCUT2D eigenvalue weighted by Crippen LogP contribution is -2.40. The van der Waals surface area contributed by atoms with Crippen LogP contribution in [0.2, 0.25) is 0 Å². The van der Waals surface area contributed by atoms with Crippen molar-refractivity contribution in [1.29, 1.82) is 0 Å². The van der Waals surface area contributed by atoms with Crippen LogP contribution in [-0.4, -0.2) is 54.1 Å². The highest BCUT2D eigenvalue weighted by atomic mass is 32.2. The van der Waals surface area contributed by atoms with Crippen LogP contribution in [0.4, 0.5) is 0 Å². The molecule has 4 rings (SSSR count). The van der Waals surface area contributed by atoms with Crippen molar-refractivity contribution >= 4 is 38.7 Å². The third kappa shape index (κ3) is 5.10. The molecule has 2 bridgehead atoms. The van der Waals surface area contributed by atoms with Crippen molar-refractivity contribution in [3.8, 4) is 0 Å². The molecule has 2 aliphatic rings. The van der Waals surface area contributed by atoms with Gasteiger partial charge in [-0.05, 0) is 68.6 Å². The summed E-state index contributed by atoms with van der Waals surface area (Å²) in [5.41, 5.74) is 1.55. The summed E-state index contributed by atoms with van der Waals surface area (Å²) in [6.07, 6.45) is 7.31. The van der Waals surface area contributed by atoms with E-state index in [-0.39, 0.29) is 16.8 Å². The fourth-order valence-electron chi connectivity index (χ4n) is 5.54. The summed E-state index contributed by atoms with van der Waals surface area (Å²) in [5, 5.41) is 4.00. The Balaban J connectivity index is 1.47. The monoisotopic (exact) mass is 492 g/mol. The largest absolute Gasteiger partial charge is 0.353 e. The van der Waals surface area contributed by atoms with Crippen LogP contribution in [0.1, 0.15) is 52.4 Å². The molecule has 2 fully saturated rings. The molecule has 1 aromatic heterocycles. The van der Waals surface area contributed by atoms with Gasteiger partial charge < -0.3 is 9.88 Å². The maximum absolute atomic E-state index is 12.7. The van der Waals surface area contributed by atoms with Gasteiger partial charge >= 0.3 is 0 Å². The number of sulfonamides is 1. The van der Waals surface area contributed by atoms with E-state index in [9.17, 15) is 13.2 Å². The molecule has 1 heterocycles. The Morgan fingerprint density at radius 1 is 1.30 bits per heavy atom. The molecule has 4 atom stereocenters. The van der Waals surface area contributed by atoms with Crippen LogP contribution >= 0.6 is 11.8 Å². The molecule has 33 heavy (non-hydrogen) atoms. The molecule has 2 saturated carbocycles. The molecular formula is C24H36N4O3S2. The van der Waals surface area contributed by atoms with Crippen LogP contribution in [0.5, 0.6) is 0 Å². The van der Waals surface area contributed by atoms with E-state index < -0.39 is 10.0 Å². The van der Waals surface area contributed by atoms with Crippen LogP contribution in [-0.2, 0) is 21.4 Å². The zero-order chi connectivity index (χ0) is 23.8. The smallest absolute Gasteiger partial charge is 0.242 e. The molecular weight excluding hydrogens is 456 g/mol. The Bertz CT molecular complexity index is 1110. The number of benzene rings is 1. The SMILES string of the molecule is CCCCn1c(SCC(=O)NC(C)C2CC3CCC2C3)nc2cc(S(=O)(=O)N(C)C)ccc21. The topological polar surface area (TPSA) is 84.3 Å². The highest BCUT2D eigenvalue weighted by Gasteiger charge is 2.42. The molecule has 1 N–H and O–H groups in total. The summed E-state index contributed by atoms with van der Waals surface area (Å²) in [5.74, 6) is 2.62. The van der Waals surface area contributed by atoms with Crippen molar-refractivity contribution < 1.29 is 13.2 Å². The van der Waals surface area contributed by atoms with Gasteiger partial charge in [-0.1, -0.05) is 31.5 Å². The molecule has 9 heteroatoms. The number of carbonyl (C=O) groups is 1. The third-order valence-electron chi connectivity index (χ3n) is 7.35. The quantitative estimate of drug-likeness (QED) is 0.505. The summed E-state index contributed by atoms with van der Waals surface area (Å²) < 4.78 is 28.4. The normalized spacial score (nSPS) is 23.5. The number of fused-ring (bicyclic) bond motifs is 3. The Labute approximate surface area is 201 Å². The van der Waals surface area contributed by atoms with E-state index >= 15 is 0 Å². The molecule has 182 valence electrons. The number of thioether (sulfide) groups is 1. The second kappa shape index (κ2) is 9.96. The fraction of sp³-hybridized carbons (Fsp3) is 0.667. The fourth-order valence-corrected chi connectivity index (χ4v) is 7.31. The van der Waals surface area contributed by atoms with Gasteiger partial charge in [0.25, 0.3) is 0 Å². The van der Waals surface area contributed by atoms with Crippen molar-refractivity contribution in [3.05, 3.63) is 18.2 Å². The zero-order valence-electron chi connectivity index (χ0n) is 20.1. The number of rotatable bonds is 10. The zero-order valence-corrected chi connectivity index (χ0v) is 21.7. The number of hydrogen-bond acceptors (Lipinski definition) is 5. The standard InChI is InChI=1S/C24H36N4O3S2/c1-5-6-11-28-22-10-9-19(33(30,31)27(3)4)14-21(22)26-24(28)32-15-23(29)25-16(2)20-13-17-7-8-18(20)12-17/h9-10,14,16-18,20H,5-8,11-13,15H2,1-4H3,(H,25,29). The first-order valence-electron chi connectivity index (χ1n) is 12.1. The number of nitrogens with zero attached hydrogens (tertiary/aromatic N) is 3. The minimum Gasteiger partial charge on any atom is -0.353 e. The number of unbranched alkanes of at least 4 members (excludes halogenated alkanes) is 1. The van der Waals surface area contributed by atoms with Crippen molar-refractivity contribution in [1.82, 2.24) is 19.2 Å². The van der Waals surface area contributed by atoms with Gasteiger partial charge in [0.15, 0.2) is 5.16 Å². The van der Waals surface area contributed by atoms with Crippen molar-refractivity contribution in [3.63, 3.8) is 0 Å². The van der Waals surface area contributed by atoms with Crippen molar-refractivity contribution in [2.24, 2.45) is 17.8 Å². The summed E-state index contributed by atoms with van der Waals surface area (Å²) >= 11 is 1.43. The molecule has 0 saturated heterocycles. The number of nitrogens with one attached hydrogen (secondary N) is 1. The summed E-state index contributed by atoms with van der Waals surface area (Å²) in [4.78, 5) is 17.7. The van der Waals surface area contributed by atoms with Crippen LogP contribution in [0, 0.1) is 17.8 Å². The van der Waals surface area contributed by atoms with Crippen LogP contribution in [0.3, 0.4) is 0 Å². The maximum Gasteiger partial charge on any atom is 0.242 e. The third-order valence-corrected chi connectivity index (χ3v) is 10.1. The van der Waals surface area contributed by atoms with E-state index in [4.69, 9.17) is 4.98 Å². The van der Waals surface area contributed by atoms with Gasteiger partial charge in [0, 0.05) is 26.7 Å². The average molecular weight is 493 g/mol. The molecule has 2 aromatic rings. The average Bonchev–Trinajstić information content (AvgIpc) is 3.49. The van der Waals surface area contributed by atoms with E-state index in [1.54, 1.807) is 12.1 Å². The van der Waals surface area contributed by atoms with Gasteiger partial charge in [0.05, 0.1) is 21.7 Å². The van der Waals surface area contributed by atoms with Gasteiger partial charge in [-0.15, -0.1) is 0 Å². The number of imidazole rings is 1. The summed E-state index contributed by atoms with van der Waals surface area (Å²) in [7, 11) is -0.477. The first-order chi connectivity index (χ1) is 15.7. The van der Waals surface area contributed by atoms with E-state index in [1.165, 1.54) is 55.8 Å². The van der Waals surface area contributed by atoms with Crippen molar-refractivity contribution in [2.75, 3.05) is 19.8 Å². The molecule has 2 aliphatic carbocycles.